The molecule has 3 rings (SSSR count). The first-order valence-electron chi connectivity index (χ1n) is 7.28. The molecule has 1 aliphatic heterocycles. The smallest absolute Gasteiger partial charge is 0.387 e. The first-order chi connectivity index (χ1) is 12.1. The number of methoxy groups -OCH3 is 1. The third-order valence-corrected chi connectivity index (χ3v) is 3.39. The van der Waals surface area contributed by atoms with Gasteiger partial charge in [-0.1, -0.05) is 30.3 Å². The summed E-state index contributed by atoms with van der Waals surface area (Å²) in [5, 5.41) is 0. The van der Waals surface area contributed by atoms with Crippen LogP contribution in [0.2, 0.25) is 0 Å². The van der Waals surface area contributed by atoms with E-state index >= 15 is 0 Å². The van der Waals surface area contributed by atoms with E-state index in [2.05, 4.69) is 9.73 Å². The number of hydrogen-bond donors (Lipinski definition) is 0. The van der Waals surface area contributed by atoms with Crippen molar-refractivity contribution in [3.8, 4) is 11.5 Å². The molecule has 5 nitrogen and oxygen atoms in total. The highest BCUT2D eigenvalue weighted by Crippen LogP contribution is 2.27. The predicted molar refractivity (Wildman–Crippen MR) is 86.7 cm³/mol. The Kier molecular flexibility index (Phi) is 4.74. The van der Waals surface area contributed by atoms with Gasteiger partial charge < -0.3 is 14.2 Å². The van der Waals surface area contributed by atoms with E-state index in [1.807, 2.05) is 0 Å². The summed E-state index contributed by atoms with van der Waals surface area (Å²) in [5.41, 5.74) is 0.782. The van der Waals surface area contributed by atoms with Crippen molar-refractivity contribution in [1.82, 2.24) is 0 Å². The molecule has 0 saturated carbocycles. The molecule has 7 heteroatoms. The fourth-order valence-corrected chi connectivity index (χ4v) is 2.30. The predicted octanol–water partition coefficient (Wildman–Crippen LogP) is 3.64. The molecule has 25 heavy (non-hydrogen) atoms. The number of nitrogens with zero attached hydrogens (tertiary/aromatic N) is 1. The van der Waals surface area contributed by atoms with Crippen molar-refractivity contribution in [2.75, 3.05) is 7.11 Å². The Bertz CT molecular complexity index is 862. The van der Waals surface area contributed by atoms with Crippen LogP contribution in [0.25, 0.3) is 6.08 Å². The lowest BCUT2D eigenvalue weighted by atomic mass is 10.1. The van der Waals surface area contributed by atoms with Crippen LogP contribution >= 0.6 is 0 Å². The van der Waals surface area contributed by atoms with Gasteiger partial charge in [0.05, 0.1) is 12.7 Å². The van der Waals surface area contributed by atoms with Gasteiger partial charge in [-0.25, -0.2) is 9.79 Å². The summed E-state index contributed by atoms with van der Waals surface area (Å²) in [7, 11) is 1.49. The molecule has 0 unspecified atom stereocenters. The summed E-state index contributed by atoms with van der Waals surface area (Å²) >= 11 is 0. The van der Waals surface area contributed by atoms with Crippen LogP contribution in [0.4, 0.5) is 8.78 Å². The summed E-state index contributed by atoms with van der Waals surface area (Å²) in [6.07, 6.45) is 1.34. The van der Waals surface area contributed by atoms with Gasteiger partial charge in [-0.15, -0.1) is 0 Å². The van der Waals surface area contributed by atoms with Crippen molar-refractivity contribution in [1.29, 1.82) is 0 Å². The Morgan fingerprint density at radius 2 is 1.76 bits per heavy atom. The molecule has 2 aromatic rings. The third-order valence-electron chi connectivity index (χ3n) is 3.39. The van der Waals surface area contributed by atoms with Gasteiger partial charge in [0.25, 0.3) is 0 Å². The number of alkyl halides is 2. The van der Waals surface area contributed by atoms with Crippen molar-refractivity contribution in [2.24, 2.45) is 4.99 Å². The zero-order valence-electron chi connectivity index (χ0n) is 13.1. The van der Waals surface area contributed by atoms with Crippen molar-refractivity contribution in [2.45, 2.75) is 6.61 Å². The van der Waals surface area contributed by atoms with Gasteiger partial charge in [0.15, 0.2) is 5.70 Å². The van der Waals surface area contributed by atoms with Gasteiger partial charge in [0.1, 0.15) is 11.5 Å². The standard InChI is InChI=1S/C18H13F2NO4/c1-23-15-9-5-3-7-12(15)16-21-13(17(22)25-16)10-11-6-2-4-8-14(11)24-18(19)20/h2-10,18H,1H3/b13-10-. The number of cyclic esters (lactones) is 1. The number of aliphatic imine (C=N–C) groups is 1. The Hall–Kier alpha value is -3.22. The monoisotopic (exact) mass is 345 g/mol. The summed E-state index contributed by atoms with van der Waals surface area (Å²) in [4.78, 5) is 16.2. The lowest BCUT2D eigenvalue weighted by Crippen LogP contribution is -2.07. The quantitative estimate of drug-likeness (QED) is 0.613. The zero-order valence-corrected chi connectivity index (χ0v) is 13.1. The topological polar surface area (TPSA) is 57.1 Å². The molecule has 0 fully saturated rings. The second-order valence-electron chi connectivity index (χ2n) is 4.95. The van der Waals surface area contributed by atoms with E-state index in [-0.39, 0.29) is 17.3 Å². The lowest BCUT2D eigenvalue weighted by molar-refractivity contribution is -0.129. The summed E-state index contributed by atoms with van der Waals surface area (Å²) < 4.78 is 39.8. The number of para-hydroxylation sites is 2. The van der Waals surface area contributed by atoms with E-state index < -0.39 is 12.6 Å². The summed E-state index contributed by atoms with van der Waals surface area (Å²) in [6, 6.07) is 13.0. The van der Waals surface area contributed by atoms with Gasteiger partial charge in [0.2, 0.25) is 5.90 Å². The maximum atomic E-state index is 12.5. The number of carbonyl (C=O) groups is 1. The first kappa shape index (κ1) is 16.6. The minimum atomic E-state index is -2.97. The number of hydrogen-bond acceptors (Lipinski definition) is 5. The highest BCUT2D eigenvalue weighted by atomic mass is 19.3. The maximum absolute atomic E-state index is 12.5. The van der Waals surface area contributed by atoms with Crippen LogP contribution in [-0.4, -0.2) is 25.6 Å². The fourth-order valence-electron chi connectivity index (χ4n) is 2.30. The highest BCUT2D eigenvalue weighted by molar-refractivity contribution is 6.13. The van der Waals surface area contributed by atoms with E-state index in [0.29, 0.717) is 16.9 Å². The minimum absolute atomic E-state index is 0.0220. The normalized spacial score (nSPS) is 15.3. The number of ether oxygens (including phenoxy) is 3. The van der Waals surface area contributed by atoms with Crippen LogP contribution in [0.5, 0.6) is 11.5 Å². The molecule has 0 spiro atoms. The van der Waals surface area contributed by atoms with Crippen molar-refractivity contribution in [3.05, 3.63) is 65.4 Å². The Labute approximate surface area is 142 Å². The van der Waals surface area contributed by atoms with Crippen LogP contribution in [0.15, 0.2) is 59.2 Å². The Morgan fingerprint density at radius 3 is 2.48 bits per heavy atom. The minimum Gasteiger partial charge on any atom is -0.496 e. The highest BCUT2D eigenvalue weighted by Gasteiger charge is 2.26. The Balaban J connectivity index is 1.97. The van der Waals surface area contributed by atoms with E-state index in [4.69, 9.17) is 9.47 Å². The molecule has 0 saturated heterocycles. The van der Waals surface area contributed by atoms with Crippen molar-refractivity contribution >= 4 is 17.9 Å². The van der Waals surface area contributed by atoms with Crippen molar-refractivity contribution < 1.29 is 27.8 Å². The molecule has 0 bridgehead atoms. The van der Waals surface area contributed by atoms with Gasteiger partial charge >= 0.3 is 12.6 Å². The average molecular weight is 345 g/mol. The SMILES string of the molecule is COc1ccccc1C1=N/C(=C\c2ccccc2OC(F)F)C(=O)O1. The molecule has 0 aliphatic carbocycles. The molecular formula is C18H13F2NO4. The second kappa shape index (κ2) is 7.12. The van der Waals surface area contributed by atoms with Gasteiger partial charge in [-0.05, 0) is 24.3 Å². The number of halogens is 2. The van der Waals surface area contributed by atoms with Gasteiger partial charge in [0, 0.05) is 5.56 Å². The largest absolute Gasteiger partial charge is 0.496 e. The molecule has 0 N–H and O–H groups in total. The molecule has 1 aliphatic rings. The van der Waals surface area contributed by atoms with E-state index in [1.54, 1.807) is 36.4 Å². The van der Waals surface area contributed by atoms with Crippen LogP contribution in [-0.2, 0) is 9.53 Å². The van der Waals surface area contributed by atoms with E-state index in [0.717, 1.165) is 0 Å². The van der Waals surface area contributed by atoms with Crippen LogP contribution in [0.1, 0.15) is 11.1 Å². The third kappa shape index (κ3) is 3.65. The van der Waals surface area contributed by atoms with Crippen molar-refractivity contribution in [3.63, 3.8) is 0 Å². The molecule has 0 radical (unpaired) electrons. The second-order valence-corrected chi connectivity index (χ2v) is 4.95. The molecule has 0 amide bonds. The van der Waals surface area contributed by atoms with Crippen LogP contribution < -0.4 is 9.47 Å². The number of esters is 1. The number of carbonyl (C=O) groups excluding carboxylic acids is 1. The maximum Gasteiger partial charge on any atom is 0.387 e. The molecule has 2 aromatic carbocycles. The number of benzene rings is 2. The molecule has 128 valence electrons. The molecular weight excluding hydrogens is 332 g/mol. The summed E-state index contributed by atoms with van der Waals surface area (Å²) in [5.74, 6) is -0.163. The van der Waals surface area contributed by atoms with Crippen LogP contribution in [0, 0.1) is 0 Å². The van der Waals surface area contributed by atoms with Gasteiger partial charge in [-0.3, -0.25) is 0 Å². The van der Waals surface area contributed by atoms with Gasteiger partial charge in [-0.2, -0.15) is 8.78 Å². The van der Waals surface area contributed by atoms with E-state index in [9.17, 15) is 13.6 Å². The molecule has 0 atom stereocenters. The van der Waals surface area contributed by atoms with E-state index in [1.165, 1.54) is 25.3 Å². The Morgan fingerprint density at radius 1 is 1.08 bits per heavy atom. The average Bonchev–Trinajstić information content (AvgIpc) is 2.96. The fraction of sp³-hybridized carbons (Fsp3) is 0.111. The number of rotatable bonds is 5. The summed E-state index contributed by atoms with van der Waals surface area (Å²) in [6.45, 7) is -2.97. The lowest BCUT2D eigenvalue weighted by Gasteiger charge is -2.07. The molecule has 0 aromatic heterocycles. The van der Waals surface area contributed by atoms with Crippen LogP contribution in [0.3, 0.4) is 0 Å². The molecule has 1 heterocycles. The first-order valence-corrected chi connectivity index (χ1v) is 7.28. The zero-order chi connectivity index (χ0) is 17.8.